The summed E-state index contributed by atoms with van der Waals surface area (Å²) in [4.78, 5) is 0. The molecule has 0 atom stereocenters. The van der Waals surface area contributed by atoms with Crippen molar-refractivity contribution in [2.24, 2.45) is 0 Å². The van der Waals surface area contributed by atoms with Crippen LogP contribution in [-0.4, -0.2) is 14.6 Å². The molecule has 0 unspecified atom stereocenters. The molecule has 2 aliphatic rings. The Balaban J connectivity index is 1.12. The van der Waals surface area contributed by atoms with Gasteiger partial charge in [-0.15, -0.1) is 0 Å². The van der Waals surface area contributed by atoms with Crippen LogP contribution in [0.4, 0.5) is 0 Å². The van der Waals surface area contributed by atoms with E-state index in [0.717, 1.165) is 65.3 Å². The van der Waals surface area contributed by atoms with Gasteiger partial charge in [-0.3, -0.25) is 0 Å². The standard InChI is InChI=1S/C40H24B2O5/c1-5-13-29-25(9-1)17-21-33-37(29)38-30-14-6-2-10-26(30)18-22-34(38)44-41(43-33)47-42-45-35-23-19-27-11-3-7-15-31(27)39(35)40-32-16-8-4-12-28(32)20-24-36(40)46-42/h1-24H. The van der Waals surface area contributed by atoms with Crippen LogP contribution in [0.1, 0.15) is 0 Å². The van der Waals surface area contributed by atoms with Crippen molar-refractivity contribution in [3.63, 3.8) is 0 Å². The van der Waals surface area contributed by atoms with Crippen LogP contribution in [0, 0.1) is 0 Å². The minimum Gasteiger partial charge on any atom is -0.501 e. The number of benzene rings is 8. The van der Waals surface area contributed by atoms with Crippen molar-refractivity contribution in [2.45, 2.75) is 0 Å². The summed E-state index contributed by atoms with van der Waals surface area (Å²) in [6.45, 7) is 0. The fourth-order valence-electron chi connectivity index (χ4n) is 7.10. The van der Waals surface area contributed by atoms with Crippen molar-refractivity contribution < 1.29 is 23.2 Å². The van der Waals surface area contributed by atoms with Gasteiger partial charge in [-0.2, -0.15) is 0 Å². The van der Waals surface area contributed by atoms with E-state index < -0.39 is 14.6 Å². The maximum atomic E-state index is 6.55. The predicted octanol–water partition coefficient (Wildman–Crippen LogP) is 9.86. The third kappa shape index (κ3) is 4.17. The van der Waals surface area contributed by atoms with Crippen LogP contribution in [0.5, 0.6) is 23.0 Å². The van der Waals surface area contributed by atoms with Gasteiger partial charge in [-0.05, 0) is 67.4 Å². The summed E-state index contributed by atoms with van der Waals surface area (Å²) in [5, 5.41) is 8.69. The van der Waals surface area contributed by atoms with E-state index in [2.05, 4.69) is 72.8 Å². The van der Waals surface area contributed by atoms with Crippen LogP contribution in [0.15, 0.2) is 146 Å². The second-order valence-electron chi connectivity index (χ2n) is 11.8. The van der Waals surface area contributed by atoms with Crippen molar-refractivity contribution in [2.75, 3.05) is 0 Å². The Morgan fingerprint density at radius 1 is 0.298 bits per heavy atom. The van der Waals surface area contributed by atoms with Crippen LogP contribution in [0.2, 0.25) is 0 Å². The van der Waals surface area contributed by atoms with E-state index >= 15 is 0 Å². The summed E-state index contributed by atoms with van der Waals surface area (Å²) < 4.78 is 32.7. The molecule has 0 bridgehead atoms. The molecule has 8 aromatic rings. The van der Waals surface area contributed by atoms with Gasteiger partial charge in [-0.1, -0.05) is 121 Å². The van der Waals surface area contributed by atoms with E-state index in [1.165, 1.54) is 0 Å². The minimum absolute atomic E-state index is 0.648. The molecule has 2 heterocycles. The SMILES string of the molecule is c1ccc2c3c(ccc2c1)OB(OB1Oc2ccc4ccccc4c2-c2c(ccc4ccccc24)O1)Oc1ccc2ccccc2c1-3. The van der Waals surface area contributed by atoms with Gasteiger partial charge in [0.2, 0.25) is 0 Å². The van der Waals surface area contributed by atoms with Crippen molar-refractivity contribution in [1.82, 2.24) is 0 Å². The second kappa shape index (κ2) is 10.3. The molecule has 2 aliphatic heterocycles. The van der Waals surface area contributed by atoms with Crippen molar-refractivity contribution in [3.8, 4) is 45.3 Å². The quantitative estimate of drug-likeness (QED) is 0.183. The molecule has 0 N–H and O–H groups in total. The van der Waals surface area contributed by atoms with Crippen molar-refractivity contribution in [3.05, 3.63) is 146 Å². The maximum Gasteiger partial charge on any atom is 0.777 e. The number of rotatable bonds is 2. The second-order valence-corrected chi connectivity index (χ2v) is 11.8. The summed E-state index contributed by atoms with van der Waals surface area (Å²) in [6, 6.07) is 49.4. The lowest BCUT2D eigenvalue weighted by Gasteiger charge is -2.18. The monoisotopic (exact) mass is 606 g/mol. The molecule has 0 aromatic heterocycles. The van der Waals surface area contributed by atoms with Gasteiger partial charge in [0.1, 0.15) is 23.0 Å². The normalized spacial score (nSPS) is 13.4. The van der Waals surface area contributed by atoms with Gasteiger partial charge in [-0.25, -0.2) is 0 Å². The highest BCUT2D eigenvalue weighted by atomic mass is 16.8. The molecule has 8 aromatic carbocycles. The van der Waals surface area contributed by atoms with Crippen LogP contribution in [0.3, 0.4) is 0 Å². The highest BCUT2D eigenvalue weighted by Gasteiger charge is 2.44. The lowest BCUT2D eigenvalue weighted by Crippen LogP contribution is -2.45. The molecule has 0 spiro atoms. The number of hydrogen-bond acceptors (Lipinski definition) is 5. The Kier molecular flexibility index (Phi) is 5.77. The summed E-state index contributed by atoms with van der Waals surface area (Å²) in [7, 11) is -2.35. The molecule has 47 heavy (non-hydrogen) atoms. The van der Waals surface area contributed by atoms with E-state index in [4.69, 9.17) is 23.2 Å². The van der Waals surface area contributed by atoms with Crippen LogP contribution in [-0.2, 0) is 4.57 Å². The molecule has 220 valence electrons. The largest absolute Gasteiger partial charge is 0.777 e. The van der Waals surface area contributed by atoms with Crippen molar-refractivity contribution >= 4 is 57.7 Å². The van der Waals surface area contributed by atoms with Gasteiger partial charge >= 0.3 is 14.6 Å². The summed E-state index contributed by atoms with van der Waals surface area (Å²) >= 11 is 0. The smallest absolute Gasteiger partial charge is 0.501 e. The molecule has 10 rings (SSSR count). The summed E-state index contributed by atoms with van der Waals surface area (Å²) in [5.41, 5.74) is 3.82. The first-order valence-corrected chi connectivity index (χ1v) is 15.7. The number of fused-ring (bicyclic) bond motifs is 14. The topological polar surface area (TPSA) is 46.2 Å². The molecular formula is C40H24B2O5. The summed E-state index contributed by atoms with van der Waals surface area (Å²) in [6.07, 6.45) is 0. The molecular weight excluding hydrogens is 582 g/mol. The molecule has 0 fully saturated rings. The Morgan fingerprint density at radius 2 is 0.553 bits per heavy atom. The fourth-order valence-corrected chi connectivity index (χ4v) is 7.10. The van der Waals surface area contributed by atoms with E-state index in [1.54, 1.807) is 0 Å². The first-order valence-electron chi connectivity index (χ1n) is 15.7. The van der Waals surface area contributed by atoms with Gasteiger partial charge in [0.25, 0.3) is 0 Å². The van der Waals surface area contributed by atoms with Gasteiger partial charge in [0, 0.05) is 22.3 Å². The molecule has 0 saturated heterocycles. The average molecular weight is 606 g/mol. The van der Waals surface area contributed by atoms with E-state index in [0.29, 0.717) is 23.0 Å². The molecule has 7 heteroatoms. The molecule has 0 aliphatic carbocycles. The van der Waals surface area contributed by atoms with Crippen LogP contribution < -0.4 is 18.6 Å². The molecule has 0 radical (unpaired) electrons. The van der Waals surface area contributed by atoms with Crippen LogP contribution >= 0.6 is 0 Å². The van der Waals surface area contributed by atoms with Gasteiger partial charge in [0.15, 0.2) is 0 Å². The third-order valence-corrected chi connectivity index (χ3v) is 9.18. The van der Waals surface area contributed by atoms with Crippen molar-refractivity contribution in [1.29, 1.82) is 0 Å². The Labute approximate surface area is 271 Å². The zero-order valence-corrected chi connectivity index (χ0v) is 25.1. The highest BCUT2D eigenvalue weighted by molar-refractivity contribution is 6.54. The lowest BCUT2D eigenvalue weighted by atomic mass is 9.92. The minimum atomic E-state index is -1.17. The Bertz CT molecular complexity index is 2200. The van der Waals surface area contributed by atoms with Gasteiger partial charge in [0.05, 0.1) is 0 Å². The molecule has 0 amide bonds. The predicted molar refractivity (Wildman–Crippen MR) is 189 cm³/mol. The zero-order chi connectivity index (χ0) is 30.9. The summed E-state index contributed by atoms with van der Waals surface area (Å²) in [5.74, 6) is 2.59. The van der Waals surface area contributed by atoms with E-state index in [-0.39, 0.29) is 0 Å². The van der Waals surface area contributed by atoms with Gasteiger partial charge < -0.3 is 23.2 Å². The first-order chi connectivity index (χ1) is 23.3. The third-order valence-electron chi connectivity index (χ3n) is 9.18. The highest BCUT2D eigenvalue weighted by Crippen LogP contribution is 2.49. The lowest BCUT2D eigenvalue weighted by molar-refractivity contribution is 0.241. The van der Waals surface area contributed by atoms with E-state index in [1.807, 2.05) is 72.8 Å². The zero-order valence-electron chi connectivity index (χ0n) is 25.1. The maximum absolute atomic E-state index is 6.55. The first kappa shape index (κ1) is 26.3. The average Bonchev–Trinajstić information content (AvgIpc) is 3.39. The Hall–Kier alpha value is -5.91. The Morgan fingerprint density at radius 3 is 0.830 bits per heavy atom. The molecule has 0 saturated carbocycles. The number of hydrogen-bond donors (Lipinski definition) is 0. The van der Waals surface area contributed by atoms with E-state index in [9.17, 15) is 0 Å². The molecule has 5 nitrogen and oxygen atoms in total. The fraction of sp³-hybridized carbons (Fsp3) is 0. The van der Waals surface area contributed by atoms with Crippen LogP contribution in [0.25, 0.3) is 65.3 Å².